The van der Waals surface area contributed by atoms with Gasteiger partial charge in [-0.15, -0.1) is 0 Å². The molecule has 0 saturated heterocycles. The first-order chi connectivity index (χ1) is 11.2. The Labute approximate surface area is 130 Å². The van der Waals surface area contributed by atoms with Gasteiger partial charge in [0.2, 0.25) is 0 Å². The maximum absolute atomic E-state index is 12.7. The van der Waals surface area contributed by atoms with Crippen LogP contribution in [0.25, 0.3) is 10.9 Å². The summed E-state index contributed by atoms with van der Waals surface area (Å²) in [5, 5.41) is 19.9. The molecule has 23 heavy (non-hydrogen) atoms. The van der Waals surface area contributed by atoms with Crippen LogP contribution in [-0.2, 0) is 13.0 Å². The number of pyridine rings is 1. The Bertz CT molecular complexity index is 973. The van der Waals surface area contributed by atoms with Gasteiger partial charge in [0.15, 0.2) is 0 Å². The summed E-state index contributed by atoms with van der Waals surface area (Å²) in [6.45, 7) is 0.539. The van der Waals surface area contributed by atoms with Crippen molar-refractivity contribution >= 4 is 22.6 Å². The molecule has 1 aliphatic heterocycles. The summed E-state index contributed by atoms with van der Waals surface area (Å²) in [5.41, 5.74) is 1.02. The van der Waals surface area contributed by atoms with Crippen molar-refractivity contribution < 1.29 is 9.90 Å². The van der Waals surface area contributed by atoms with Crippen LogP contribution in [0.1, 0.15) is 22.3 Å². The van der Waals surface area contributed by atoms with Gasteiger partial charge in [0.05, 0.1) is 11.7 Å². The molecule has 0 spiro atoms. The van der Waals surface area contributed by atoms with E-state index in [1.165, 1.54) is 6.20 Å². The third-order valence-electron chi connectivity index (χ3n) is 4.14. The van der Waals surface area contributed by atoms with Gasteiger partial charge in [-0.2, -0.15) is 5.10 Å². The van der Waals surface area contributed by atoms with Crippen molar-refractivity contribution in [1.82, 2.24) is 14.8 Å². The Morgan fingerprint density at radius 2 is 2.22 bits per heavy atom. The Kier molecular flexibility index (Phi) is 2.94. The zero-order chi connectivity index (χ0) is 16.0. The van der Waals surface area contributed by atoms with E-state index < -0.39 is 11.5 Å². The number of hydrogen-bond acceptors (Lipinski definition) is 4. The third-order valence-corrected chi connectivity index (χ3v) is 4.14. The molecule has 0 saturated carbocycles. The minimum Gasteiger partial charge on any atom is -0.506 e. The number of rotatable bonds is 2. The highest BCUT2D eigenvalue weighted by Gasteiger charge is 2.25. The molecule has 7 heteroatoms. The predicted molar refractivity (Wildman–Crippen MR) is 84.7 cm³/mol. The van der Waals surface area contributed by atoms with Gasteiger partial charge >= 0.3 is 0 Å². The van der Waals surface area contributed by atoms with Gasteiger partial charge in [0.1, 0.15) is 17.1 Å². The highest BCUT2D eigenvalue weighted by atomic mass is 16.3. The van der Waals surface area contributed by atoms with Crippen molar-refractivity contribution in [2.24, 2.45) is 0 Å². The third kappa shape index (κ3) is 2.01. The number of para-hydroxylation sites is 1. The molecule has 3 aromatic rings. The fourth-order valence-electron chi connectivity index (χ4n) is 3.13. The number of benzene rings is 1. The number of nitrogens with one attached hydrogen (secondary N) is 2. The standard InChI is InChI=1S/C16H14N4O3/c21-14-10-5-1-3-9-4-2-8-20(13(9)10)16(23)12(14)15(22)18-11-6-7-17-19-11/h1,3,5-7,21H,2,4,8H2,(H2,17,18,19,22). The number of H-pyrrole nitrogens is 1. The van der Waals surface area contributed by atoms with Gasteiger partial charge in [-0.25, -0.2) is 0 Å². The molecule has 0 atom stereocenters. The molecule has 3 heterocycles. The molecule has 2 aromatic heterocycles. The van der Waals surface area contributed by atoms with E-state index in [1.54, 1.807) is 16.7 Å². The molecule has 0 fully saturated rings. The smallest absolute Gasteiger partial charge is 0.267 e. The van der Waals surface area contributed by atoms with Crippen molar-refractivity contribution in [3.63, 3.8) is 0 Å². The van der Waals surface area contributed by atoms with Crippen LogP contribution in [0.3, 0.4) is 0 Å². The maximum Gasteiger partial charge on any atom is 0.267 e. The fourth-order valence-corrected chi connectivity index (χ4v) is 3.13. The van der Waals surface area contributed by atoms with E-state index in [0.29, 0.717) is 17.7 Å². The summed E-state index contributed by atoms with van der Waals surface area (Å²) < 4.78 is 1.58. The van der Waals surface area contributed by atoms with E-state index in [1.807, 2.05) is 12.1 Å². The Balaban J connectivity index is 1.94. The summed E-state index contributed by atoms with van der Waals surface area (Å²) in [6.07, 6.45) is 3.17. The number of nitrogens with zero attached hydrogens (tertiary/aromatic N) is 2. The van der Waals surface area contributed by atoms with E-state index >= 15 is 0 Å². The Morgan fingerprint density at radius 3 is 3.00 bits per heavy atom. The Hall–Kier alpha value is -3.09. The monoisotopic (exact) mass is 310 g/mol. The highest BCUT2D eigenvalue weighted by molar-refractivity contribution is 6.09. The number of aromatic nitrogens is 3. The average Bonchev–Trinajstić information content (AvgIpc) is 3.05. The zero-order valence-corrected chi connectivity index (χ0v) is 12.2. The average molecular weight is 310 g/mol. The first-order valence-corrected chi connectivity index (χ1v) is 7.35. The largest absolute Gasteiger partial charge is 0.506 e. The molecule has 0 radical (unpaired) electrons. The van der Waals surface area contributed by atoms with E-state index in [9.17, 15) is 14.7 Å². The normalized spacial score (nSPS) is 13.2. The zero-order valence-electron chi connectivity index (χ0n) is 12.2. The number of amides is 1. The first-order valence-electron chi connectivity index (χ1n) is 7.35. The lowest BCUT2D eigenvalue weighted by Crippen LogP contribution is -2.31. The minimum atomic E-state index is -0.654. The highest BCUT2D eigenvalue weighted by Crippen LogP contribution is 2.31. The fraction of sp³-hybridized carbons (Fsp3) is 0.188. The van der Waals surface area contributed by atoms with Crippen molar-refractivity contribution in [1.29, 1.82) is 0 Å². The number of carbonyl (C=O) groups is 1. The van der Waals surface area contributed by atoms with Crippen molar-refractivity contribution in [3.8, 4) is 5.75 Å². The lowest BCUT2D eigenvalue weighted by molar-refractivity contribution is 0.102. The molecular formula is C16H14N4O3. The van der Waals surface area contributed by atoms with E-state index in [-0.39, 0.29) is 11.3 Å². The van der Waals surface area contributed by atoms with Crippen LogP contribution in [0.2, 0.25) is 0 Å². The van der Waals surface area contributed by atoms with Gasteiger partial charge in [-0.1, -0.05) is 12.1 Å². The molecule has 0 aliphatic carbocycles. The van der Waals surface area contributed by atoms with Crippen molar-refractivity contribution in [3.05, 3.63) is 51.9 Å². The number of aromatic hydroxyl groups is 1. The van der Waals surface area contributed by atoms with Crippen molar-refractivity contribution in [2.45, 2.75) is 19.4 Å². The second-order valence-corrected chi connectivity index (χ2v) is 5.52. The number of aromatic amines is 1. The molecule has 3 N–H and O–H groups in total. The molecule has 0 bridgehead atoms. The lowest BCUT2D eigenvalue weighted by atomic mass is 9.99. The number of carbonyl (C=O) groups excluding carboxylic acids is 1. The summed E-state index contributed by atoms with van der Waals surface area (Å²) in [6, 6.07) is 7.06. The number of hydrogen-bond donors (Lipinski definition) is 3. The molecule has 116 valence electrons. The van der Waals surface area contributed by atoms with Crippen LogP contribution in [0, 0.1) is 0 Å². The first kappa shape index (κ1) is 13.6. The van der Waals surface area contributed by atoms with Crippen LogP contribution in [0.5, 0.6) is 5.75 Å². The van der Waals surface area contributed by atoms with Gasteiger partial charge < -0.3 is 15.0 Å². The van der Waals surface area contributed by atoms with Crippen LogP contribution < -0.4 is 10.9 Å². The van der Waals surface area contributed by atoms with E-state index in [2.05, 4.69) is 15.5 Å². The number of aryl methyl sites for hydroxylation is 2. The second kappa shape index (κ2) is 4.98. The summed E-state index contributed by atoms with van der Waals surface area (Å²) in [4.78, 5) is 25.1. The molecule has 1 amide bonds. The van der Waals surface area contributed by atoms with Crippen LogP contribution >= 0.6 is 0 Å². The van der Waals surface area contributed by atoms with Gasteiger partial charge in [0.25, 0.3) is 11.5 Å². The number of anilines is 1. The SMILES string of the molecule is O=C(Nc1ccn[nH]1)c1c(O)c2cccc3c2n(c1=O)CCC3. The van der Waals surface area contributed by atoms with Crippen molar-refractivity contribution in [2.75, 3.05) is 5.32 Å². The van der Waals surface area contributed by atoms with E-state index in [4.69, 9.17) is 0 Å². The minimum absolute atomic E-state index is 0.244. The van der Waals surface area contributed by atoms with Gasteiger partial charge in [-0.05, 0) is 24.5 Å². The summed E-state index contributed by atoms with van der Waals surface area (Å²) in [7, 11) is 0. The second-order valence-electron chi connectivity index (χ2n) is 5.52. The molecule has 7 nitrogen and oxygen atoms in total. The lowest BCUT2D eigenvalue weighted by Gasteiger charge is -2.21. The molecular weight excluding hydrogens is 296 g/mol. The quantitative estimate of drug-likeness (QED) is 0.669. The van der Waals surface area contributed by atoms with Gasteiger partial charge in [-0.3, -0.25) is 14.7 Å². The molecule has 1 aromatic carbocycles. The summed E-state index contributed by atoms with van der Waals surface area (Å²) >= 11 is 0. The topological polar surface area (TPSA) is 100 Å². The predicted octanol–water partition coefficient (Wildman–Crippen LogP) is 1.63. The Morgan fingerprint density at radius 1 is 1.35 bits per heavy atom. The molecule has 0 unspecified atom stereocenters. The van der Waals surface area contributed by atoms with Crippen LogP contribution in [0.15, 0.2) is 35.3 Å². The van der Waals surface area contributed by atoms with Gasteiger partial charge in [0, 0.05) is 18.0 Å². The van der Waals surface area contributed by atoms with Crippen LogP contribution in [0.4, 0.5) is 5.82 Å². The van der Waals surface area contributed by atoms with E-state index in [0.717, 1.165) is 23.9 Å². The summed E-state index contributed by atoms with van der Waals surface area (Å²) in [5.74, 6) is -0.568. The molecule has 1 aliphatic rings. The van der Waals surface area contributed by atoms with Crippen LogP contribution in [-0.4, -0.2) is 25.8 Å². The maximum atomic E-state index is 12.7. The molecule has 4 rings (SSSR count).